The van der Waals surface area contributed by atoms with Crippen LogP contribution in [0.15, 0.2) is 122 Å². The van der Waals surface area contributed by atoms with E-state index in [1.807, 2.05) is 0 Å². The van der Waals surface area contributed by atoms with Crippen LogP contribution in [-0.4, -0.2) is 37.2 Å². The van der Waals surface area contributed by atoms with Gasteiger partial charge in [0.2, 0.25) is 0 Å². The summed E-state index contributed by atoms with van der Waals surface area (Å²) in [4.78, 5) is 38.0. The first-order valence-corrected chi connectivity index (χ1v) is 31.0. The molecule has 0 saturated carbocycles. The van der Waals surface area contributed by atoms with Crippen LogP contribution in [0.2, 0.25) is 0 Å². The Bertz CT molecular complexity index is 1570. The quantitative estimate of drug-likeness (QED) is 0.0261. The Morgan fingerprint density at radius 3 is 0.813 bits per heavy atom. The highest BCUT2D eigenvalue weighted by molar-refractivity contribution is 5.71. The van der Waals surface area contributed by atoms with E-state index >= 15 is 0 Å². The van der Waals surface area contributed by atoms with Gasteiger partial charge in [0.05, 0.1) is 0 Å². The first-order valence-electron chi connectivity index (χ1n) is 31.0. The van der Waals surface area contributed by atoms with Crippen molar-refractivity contribution < 1.29 is 28.6 Å². The van der Waals surface area contributed by atoms with E-state index in [-0.39, 0.29) is 31.1 Å². The van der Waals surface area contributed by atoms with Crippen LogP contribution in [0.25, 0.3) is 0 Å². The number of hydrogen-bond acceptors (Lipinski definition) is 6. The topological polar surface area (TPSA) is 78.9 Å². The molecule has 6 heteroatoms. The van der Waals surface area contributed by atoms with Gasteiger partial charge in [-0.25, -0.2) is 0 Å². The van der Waals surface area contributed by atoms with Gasteiger partial charge in [-0.1, -0.05) is 284 Å². The third-order valence-electron chi connectivity index (χ3n) is 13.0. The lowest BCUT2D eigenvalue weighted by Gasteiger charge is -2.18. The van der Waals surface area contributed by atoms with Crippen molar-refractivity contribution in [2.45, 2.75) is 284 Å². The summed E-state index contributed by atoms with van der Waals surface area (Å²) in [6.07, 6.45) is 86.5. The molecule has 6 nitrogen and oxygen atoms in total. The van der Waals surface area contributed by atoms with Crippen molar-refractivity contribution >= 4 is 17.9 Å². The smallest absolute Gasteiger partial charge is 0.306 e. The summed E-state index contributed by atoms with van der Waals surface area (Å²) in [6.45, 7) is 6.47. The summed E-state index contributed by atoms with van der Waals surface area (Å²) in [5.41, 5.74) is 0. The summed E-state index contributed by atoms with van der Waals surface area (Å²) in [7, 11) is 0. The SMILES string of the molecule is CC/C=C\C/C=C\C/C=C\C/C=C\C/C=C\C/C=C\C/C=C\C/C=C\C/C=C\C/C=C\CCCCC(=O)OCC(COC(=O)CCCCCCCCCC)OC(=O)CCCCCCCCCCCCCCCCCC. The standard InChI is InChI=1S/C69H114O6/c1-4-7-10-13-16-19-21-23-25-27-28-29-30-31-32-33-34-35-36-37-38-39-40-41-42-43-45-46-48-50-53-56-59-62-68(71)74-65-66(64-73-67(70)61-58-55-52-18-15-12-9-6-3)75-69(72)63-60-57-54-51-49-47-44-26-24-22-20-17-14-11-8-5-2/h7,10,16,19,23,25,28-29,31-32,34-35,37-38,40-41,43,45,48,50,66H,4-6,8-9,11-15,17-18,20-22,24,26-27,30,33,36,39,42,44,46-47,49,51-65H2,1-3H3/b10-7-,19-16-,25-23-,29-28-,32-31-,35-34-,38-37-,41-40-,45-43-,50-48-. The van der Waals surface area contributed by atoms with Gasteiger partial charge in [0.25, 0.3) is 0 Å². The highest BCUT2D eigenvalue weighted by atomic mass is 16.6. The van der Waals surface area contributed by atoms with Crippen molar-refractivity contribution in [1.82, 2.24) is 0 Å². The Morgan fingerprint density at radius 1 is 0.280 bits per heavy atom. The minimum Gasteiger partial charge on any atom is -0.462 e. The molecule has 0 rings (SSSR count). The van der Waals surface area contributed by atoms with Crippen molar-refractivity contribution in [3.05, 3.63) is 122 Å². The van der Waals surface area contributed by atoms with Crippen LogP contribution < -0.4 is 0 Å². The summed E-state index contributed by atoms with van der Waals surface area (Å²) in [5, 5.41) is 0. The number of esters is 3. The van der Waals surface area contributed by atoms with Gasteiger partial charge in [0.15, 0.2) is 6.10 Å². The second-order valence-corrected chi connectivity index (χ2v) is 20.2. The average molecular weight is 1040 g/mol. The molecule has 0 saturated heterocycles. The Labute approximate surface area is 462 Å². The van der Waals surface area contributed by atoms with E-state index in [0.717, 1.165) is 122 Å². The maximum absolute atomic E-state index is 12.8. The third kappa shape index (κ3) is 60.6. The van der Waals surface area contributed by atoms with E-state index in [4.69, 9.17) is 14.2 Å². The van der Waals surface area contributed by atoms with Gasteiger partial charge in [0, 0.05) is 19.3 Å². The van der Waals surface area contributed by atoms with E-state index in [9.17, 15) is 14.4 Å². The van der Waals surface area contributed by atoms with E-state index < -0.39 is 6.10 Å². The number of ether oxygens (including phenoxy) is 3. The first-order chi connectivity index (χ1) is 37.0. The van der Waals surface area contributed by atoms with Gasteiger partial charge in [-0.3, -0.25) is 14.4 Å². The lowest BCUT2D eigenvalue weighted by Crippen LogP contribution is -2.30. The fraction of sp³-hybridized carbons (Fsp3) is 0.667. The molecule has 0 aromatic heterocycles. The van der Waals surface area contributed by atoms with Gasteiger partial charge in [-0.2, -0.15) is 0 Å². The fourth-order valence-electron chi connectivity index (χ4n) is 8.35. The van der Waals surface area contributed by atoms with Crippen molar-refractivity contribution in [2.75, 3.05) is 13.2 Å². The molecule has 0 amide bonds. The van der Waals surface area contributed by atoms with Crippen LogP contribution in [0.4, 0.5) is 0 Å². The van der Waals surface area contributed by atoms with E-state index in [1.54, 1.807) is 0 Å². The first kappa shape index (κ1) is 70.8. The summed E-state index contributed by atoms with van der Waals surface area (Å²) in [5.74, 6) is -0.937. The number of unbranched alkanes of at least 4 members (excludes halogenated alkanes) is 24. The number of carbonyl (C=O) groups excluding carboxylic acids is 3. The van der Waals surface area contributed by atoms with Gasteiger partial charge in [-0.05, 0) is 96.3 Å². The van der Waals surface area contributed by atoms with Gasteiger partial charge in [-0.15, -0.1) is 0 Å². The maximum atomic E-state index is 12.8. The molecule has 0 aliphatic rings. The van der Waals surface area contributed by atoms with E-state index in [1.165, 1.54) is 116 Å². The Hall–Kier alpha value is -4.19. The number of hydrogen-bond donors (Lipinski definition) is 0. The monoisotopic (exact) mass is 1040 g/mol. The zero-order chi connectivity index (χ0) is 54.3. The maximum Gasteiger partial charge on any atom is 0.306 e. The van der Waals surface area contributed by atoms with Crippen LogP contribution in [0.5, 0.6) is 0 Å². The molecule has 0 aliphatic heterocycles. The zero-order valence-electron chi connectivity index (χ0n) is 48.8. The molecule has 0 aromatic rings. The summed E-state index contributed by atoms with van der Waals surface area (Å²) < 4.78 is 16.8. The molecule has 0 fully saturated rings. The van der Waals surface area contributed by atoms with Gasteiger partial charge in [0.1, 0.15) is 13.2 Å². The zero-order valence-corrected chi connectivity index (χ0v) is 48.8. The van der Waals surface area contributed by atoms with Crippen LogP contribution >= 0.6 is 0 Å². The van der Waals surface area contributed by atoms with Crippen molar-refractivity contribution in [3.63, 3.8) is 0 Å². The van der Waals surface area contributed by atoms with Crippen molar-refractivity contribution in [3.8, 4) is 0 Å². The molecule has 426 valence electrons. The second-order valence-electron chi connectivity index (χ2n) is 20.2. The second kappa shape index (κ2) is 62.4. The molecule has 0 N–H and O–H groups in total. The highest BCUT2D eigenvalue weighted by Gasteiger charge is 2.19. The largest absolute Gasteiger partial charge is 0.462 e. The number of rotatable bonds is 55. The van der Waals surface area contributed by atoms with Gasteiger partial charge >= 0.3 is 17.9 Å². The normalized spacial score (nSPS) is 12.9. The summed E-state index contributed by atoms with van der Waals surface area (Å²) in [6, 6.07) is 0. The lowest BCUT2D eigenvalue weighted by atomic mass is 10.0. The molecule has 1 atom stereocenters. The molecule has 0 heterocycles. The Balaban J connectivity index is 4.26. The Kier molecular flexibility index (Phi) is 58.9. The fourth-order valence-corrected chi connectivity index (χ4v) is 8.35. The molecule has 1 unspecified atom stereocenters. The van der Waals surface area contributed by atoms with E-state index in [0.29, 0.717) is 19.3 Å². The minimum atomic E-state index is -0.794. The van der Waals surface area contributed by atoms with Gasteiger partial charge < -0.3 is 14.2 Å². The summed E-state index contributed by atoms with van der Waals surface area (Å²) >= 11 is 0. The number of allylic oxidation sites excluding steroid dienone is 20. The third-order valence-corrected chi connectivity index (χ3v) is 13.0. The minimum absolute atomic E-state index is 0.0903. The Morgan fingerprint density at radius 2 is 0.520 bits per heavy atom. The predicted molar refractivity (Wildman–Crippen MR) is 325 cm³/mol. The molecule has 0 radical (unpaired) electrons. The van der Waals surface area contributed by atoms with Crippen LogP contribution in [0, 0.1) is 0 Å². The molecule has 75 heavy (non-hydrogen) atoms. The molecular weight excluding hydrogens is 925 g/mol. The average Bonchev–Trinajstić information content (AvgIpc) is 3.41. The van der Waals surface area contributed by atoms with Crippen LogP contribution in [0.3, 0.4) is 0 Å². The lowest BCUT2D eigenvalue weighted by molar-refractivity contribution is -0.167. The van der Waals surface area contributed by atoms with Crippen LogP contribution in [0.1, 0.15) is 278 Å². The van der Waals surface area contributed by atoms with Crippen molar-refractivity contribution in [1.29, 1.82) is 0 Å². The predicted octanol–water partition coefficient (Wildman–Crippen LogP) is 21.2. The molecule has 0 spiro atoms. The van der Waals surface area contributed by atoms with Crippen LogP contribution in [-0.2, 0) is 28.6 Å². The molecule has 0 aliphatic carbocycles. The molecule has 0 aromatic carbocycles. The molecular formula is C69H114O6. The molecule has 0 bridgehead atoms. The van der Waals surface area contributed by atoms with E-state index in [2.05, 4.69) is 142 Å². The highest BCUT2D eigenvalue weighted by Crippen LogP contribution is 2.16. The van der Waals surface area contributed by atoms with Crippen molar-refractivity contribution in [2.24, 2.45) is 0 Å². The number of carbonyl (C=O) groups is 3.